The topological polar surface area (TPSA) is 3.24 Å². The summed E-state index contributed by atoms with van der Waals surface area (Å²) in [7, 11) is 0. The molecule has 88 valence electrons. The van der Waals surface area contributed by atoms with Crippen molar-refractivity contribution in [2.45, 2.75) is 32.1 Å². The molecule has 6 heteroatoms. The third kappa shape index (κ3) is 6.81. The summed E-state index contributed by atoms with van der Waals surface area (Å²) in [5, 5.41) is 0. The molecule has 1 saturated heterocycles. The summed E-state index contributed by atoms with van der Waals surface area (Å²) < 4.78 is 37.0. The molecule has 1 heterocycles. The van der Waals surface area contributed by atoms with Crippen LogP contribution in [0.1, 0.15) is 32.1 Å². The minimum Gasteiger partial charge on any atom is -0.445 e. The predicted octanol–water partition coefficient (Wildman–Crippen LogP) is 0.199. The van der Waals surface area contributed by atoms with Gasteiger partial charge in [0, 0.05) is 0 Å². The van der Waals surface area contributed by atoms with E-state index in [1.54, 1.807) is 0 Å². The molecular formula is C10H18BF3KN. The SMILES string of the molecule is C=C(CN1CCCCCCC1)[B-](F)(F)F.[K+]. The van der Waals surface area contributed by atoms with Crippen molar-refractivity contribution in [3.63, 3.8) is 0 Å². The number of halogens is 3. The number of hydrogen-bond acceptors (Lipinski definition) is 1. The van der Waals surface area contributed by atoms with Crippen LogP contribution in [0.2, 0.25) is 0 Å². The molecule has 1 aliphatic heterocycles. The first-order chi connectivity index (χ1) is 7.00. The molecule has 1 rings (SSSR count). The summed E-state index contributed by atoms with van der Waals surface area (Å²) in [5.41, 5.74) is -0.560. The van der Waals surface area contributed by atoms with Crippen LogP contribution in [-0.2, 0) is 0 Å². The molecule has 0 radical (unpaired) electrons. The Morgan fingerprint density at radius 1 is 1.00 bits per heavy atom. The smallest absolute Gasteiger partial charge is 0.445 e. The van der Waals surface area contributed by atoms with E-state index in [0.29, 0.717) is 0 Å². The van der Waals surface area contributed by atoms with Crippen LogP contribution in [0.3, 0.4) is 0 Å². The van der Waals surface area contributed by atoms with Crippen molar-refractivity contribution in [1.82, 2.24) is 4.90 Å². The average molecular weight is 259 g/mol. The van der Waals surface area contributed by atoms with Gasteiger partial charge >= 0.3 is 58.4 Å². The second-order valence-electron chi connectivity index (χ2n) is 4.28. The standard InChI is InChI=1S/C10H18BF3N.K/c1-10(11(12,13)14)9-15-7-5-3-2-4-6-8-15;/h1-9H2;/q-1;+1. The van der Waals surface area contributed by atoms with Gasteiger partial charge in [0.15, 0.2) is 0 Å². The molecule has 1 aliphatic rings. The van der Waals surface area contributed by atoms with E-state index in [1.165, 1.54) is 6.42 Å². The van der Waals surface area contributed by atoms with Gasteiger partial charge in [-0.1, -0.05) is 19.3 Å². The van der Waals surface area contributed by atoms with Crippen LogP contribution in [0.25, 0.3) is 0 Å². The van der Waals surface area contributed by atoms with Gasteiger partial charge in [0.2, 0.25) is 0 Å². The summed E-state index contributed by atoms with van der Waals surface area (Å²) in [6.45, 7) is -0.148. The Kier molecular flexibility index (Phi) is 8.94. The Morgan fingerprint density at radius 2 is 1.44 bits per heavy atom. The van der Waals surface area contributed by atoms with Crippen LogP contribution in [0.5, 0.6) is 0 Å². The van der Waals surface area contributed by atoms with E-state index in [9.17, 15) is 12.9 Å². The monoisotopic (exact) mass is 259 g/mol. The van der Waals surface area contributed by atoms with Gasteiger partial charge in [-0.3, -0.25) is 0 Å². The van der Waals surface area contributed by atoms with Crippen molar-refractivity contribution >= 4 is 6.98 Å². The zero-order chi connectivity index (χ0) is 11.3. The fourth-order valence-corrected chi connectivity index (χ4v) is 1.86. The number of nitrogens with zero attached hydrogens (tertiary/aromatic N) is 1. The fourth-order valence-electron chi connectivity index (χ4n) is 1.86. The van der Waals surface area contributed by atoms with Crippen LogP contribution in [0, 0.1) is 0 Å². The Hall–Kier alpha value is 1.19. The molecule has 16 heavy (non-hydrogen) atoms. The number of rotatable bonds is 3. The molecule has 0 aliphatic carbocycles. The van der Waals surface area contributed by atoms with Gasteiger partial charge in [0.25, 0.3) is 0 Å². The van der Waals surface area contributed by atoms with Crippen molar-refractivity contribution in [2.75, 3.05) is 19.6 Å². The van der Waals surface area contributed by atoms with E-state index in [4.69, 9.17) is 0 Å². The van der Waals surface area contributed by atoms with Crippen molar-refractivity contribution in [3.8, 4) is 0 Å². The van der Waals surface area contributed by atoms with E-state index in [0.717, 1.165) is 38.8 Å². The summed E-state index contributed by atoms with van der Waals surface area (Å²) in [6.07, 6.45) is 5.52. The Balaban J connectivity index is 0.00000225. The van der Waals surface area contributed by atoms with Crippen molar-refractivity contribution in [2.24, 2.45) is 0 Å². The van der Waals surface area contributed by atoms with Gasteiger partial charge in [-0.2, -0.15) is 0 Å². The van der Waals surface area contributed by atoms with E-state index in [-0.39, 0.29) is 57.9 Å². The molecule has 0 atom stereocenters. The Bertz CT molecular complexity index is 213. The molecule has 0 aromatic heterocycles. The normalized spacial score (nSPS) is 19.4. The number of likely N-dealkylation sites (tertiary alicyclic amines) is 1. The van der Waals surface area contributed by atoms with Gasteiger partial charge in [0.05, 0.1) is 0 Å². The van der Waals surface area contributed by atoms with Gasteiger partial charge in [-0.25, -0.2) is 0 Å². The van der Waals surface area contributed by atoms with Crippen LogP contribution in [0.15, 0.2) is 12.1 Å². The van der Waals surface area contributed by atoms with Crippen molar-refractivity contribution in [3.05, 3.63) is 12.1 Å². The largest absolute Gasteiger partial charge is 1.00 e. The van der Waals surface area contributed by atoms with Gasteiger partial charge in [0.1, 0.15) is 0 Å². The van der Waals surface area contributed by atoms with E-state index in [2.05, 4.69) is 6.58 Å². The maximum atomic E-state index is 12.3. The van der Waals surface area contributed by atoms with Crippen LogP contribution in [0.4, 0.5) is 12.9 Å². The Labute approximate surface area is 138 Å². The third-order valence-corrected chi connectivity index (χ3v) is 2.84. The van der Waals surface area contributed by atoms with Crippen molar-refractivity contribution < 1.29 is 64.3 Å². The van der Waals surface area contributed by atoms with Crippen LogP contribution >= 0.6 is 0 Å². The summed E-state index contributed by atoms with van der Waals surface area (Å²) in [6, 6.07) is 0. The minimum absolute atomic E-state index is 0. The Morgan fingerprint density at radius 3 is 1.88 bits per heavy atom. The van der Waals surface area contributed by atoms with Crippen molar-refractivity contribution in [1.29, 1.82) is 0 Å². The fraction of sp³-hybridized carbons (Fsp3) is 0.800. The minimum atomic E-state index is -4.85. The molecule has 0 N–H and O–H groups in total. The van der Waals surface area contributed by atoms with Crippen LogP contribution in [-0.4, -0.2) is 31.5 Å². The van der Waals surface area contributed by atoms with Gasteiger partial charge in [-0.05, 0) is 32.5 Å². The number of hydrogen-bond donors (Lipinski definition) is 0. The van der Waals surface area contributed by atoms with E-state index in [1.807, 2.05) is 4.90 Å². The second-order valence-corrected chi connectivity index (χ2v) is 4.28. The molecule has 0 unspecified atom stereocenters. The summed E-state index contributed by atoms with van der Waals surface area (Å²) in [4.78, 5) is 1.89. The first-order valence-corrected chi connectivity index (χ1v) is 5.60. The molecule has 1 nitrogen and oxygen atoms in total. The molecule has 0 spiro atoms. The quantitative estimate of drug-likeness (QED) is 0.654. The zero-order valence-corrected chi connectivity index (χ0v) is 13.1. The van der Waals surface area contributed by atoms with Gasteiger partial charge in [-0.15, -0.1) is 12.1 Å². The maximum Gasteiger partial charge on any atom is 1.00 e. The molecular weight excluding hydrogens is 241 g/mol. The molecule has 1 fully saturated rings. The first kappa shape index (κ1) is 17.2. The molecule has 0 aromatic carbocycles. The van der Waals surface area contributed by atoms with Gasteiger partial charge < -0.3 is 17.8 Å². The molecule has 0 saturated carbocycles. The zero-order valence-electron chi connectivity index (χ0n) is 10.0. The maximum absolute atomic E-state index is 12.3. The summed E-state index contributed by atoms with van der Waals surface area (Å²) in [5.74, 6) is 0. The predicted molar refractivity (Wildman–Crippen MR) is 57.7 cm³/mol. The summed E-state index contributed by atoms with van der Waals surface area (Å²) >= 11 is 0. The molecule has 0 bridgehead atoms. The average Bonchev–Trinajstić information content (AvgIpc) is 2.07. The van der Waals surface area contributed by atoms with Crippen LogP contribution < -0.4 is 51.4 Å². The molecule has 0 aromatic rings. The molecule has 0 amide bonds. The first-order valence-electron chi connectivity index (χ1n) is 5.60. The van der Waals surface area contributed by atoms with E-state index >= 15 is 0 Å². The van der Waals surface area contributed by atoms with E-state index < -0.39 is 12.4 Å². The second kappa shape index (κ2) is 8.32. The third-order valence-electron chi connectivity index (χ3n) is 2.84.